The average Bonchev–Trinajstić information content (AvgIpc) is 3.23. The largest absolute Gasteiger partial charge is 1.00 e. The van der Waals surface area contributed by atoms with Crippen LogP contribution in [0.25, 0.3) is 12.2 Å². The van der Waals surface area contributed by atoms with Crippen LogP contribution in [0.2, 0.25) is 8.35 Å². The van der Waals surface area contributed by atoms with Crippen LogP contribution in [0.4, 0.5) is 0 Å². The van der Waals surface area contributed by atoms with Crippen LogP contribution < -0.4 is 24.8 Å². The molecule has 0 radical (unpaired) electrons. The Bertz CT molecular complexity index is 866. The second-order valence-corrected chi connectivity index (χ2v) is 25.4. The van der Waals surface area contributed by atoms with E-state index >= 15 is 0 Å². The summed E-state index contributed by atoms with van der Waals surface area (Å²) in [5, 5.41) is 0. The molecule has 3 aliphatic rings. The van der Waals surface area contributed by atoms with E-state index in [2.05, 4.69) is 74.5 Å². The molecule has 3 heteroatoms. The zero-order valence-corrected chi connectivity index (χ0v) is 22.5. The van der Waals surface area contributed by atoms with E-state index in [-0.39, 0.29) is 24.8 Å². The molecule has 0 spiro atoms. The van der Waals surface area contributed by atoms with Gasteiger partial charge in [0.2, 0.25) is 0 Å². The molecule has 2 atom stereocenters. The van der Waals surface area contributed by atoms with E-state index in [1.54, 1.807) is 30.6 Å². The zero-order valence-electron chi connectivity index (χ0n) is 17.4. The van der Waals surface area contributed by atoms with Crippen LogP contribution in [0.3, 0.4) is 0 Å². The number of fused-ring (bicyclic) bond motifs is 2. The molecule has 0 saturated carbocycles. The van der Waals surface area contributed by atoms with Gasteiger partial charge in [0.25, 0.3) is 0 Å². The molecule has 2 unspecified atom stereocenters. The summed E-state index contributed by atoms with van der Waals surface area (Å²) in [7, 11) is 0. The molecule has 1 saturated heterocycles. The van der Waals surface area contributed by atoms with Gasteiger partial charge < -0.3 is 24.8 Å². The Kier molecular flexibility index (Phi) is 7.35. The average molecular weight is 592 g/mol. The predicted molar refractivity (Wildman–Crippen MR) is 114 cm³/mol. The predicted octanol–water partition coefficient (Wildman–Crippen LogP) is 1.88. The van der Waals surface area contributed by atoms with Gasteiger partial charge in [-0.3, -0.25) is 0 Å². The number of halogens is 2. The van der Waals surface area contributed by atoms with Crippen LogP contribution in [0.1, 0.15) is 69.1 Å². The van der Waals surface area contributed by atoms with E-state index in [9.17, 15) is 0 Å². The summed E-state index contributed by atoms with van der Waals surface area (Å²) >= 11 is -2.53. The maximum Gasteiger partial charge on any atom is -1.00 e. The normalized spacial score (nSPS) is 21.4. The number of benzene rings is 2. The van der Waals surface area contributed by atoms with Crippen LogP contribution in [0, 0.1) is 0 Å². The summed E-state index contributed by atoms with van der Waals surface area (Å²) in [6.45, 7) is 4.70. The van der Waals surface area contributed by atoms with Crippen molar-refractivity contribution in [3.8, 4) is 0 Å². The summed E-state index contributed by atoms with van der Waals surface area (Å²) in [5.74, 6) is 0. The van der Waals surface area contributed by atoms with Crippen molar-refractivity contribution >= 4 is 12.2 Å². The van der Waals surface area contributed by atoms with Gasteiger partial charge in [0, 0.05) is 0 Å². The number of hydrogen-bond donors (Lipinski definition) is 0. The van der Waals surface area contributed by atoms with Crippen molar-refractivity contribution in [1.29, 1.82) is 0 Å². The standard InChI is InChI=1S/2C12H13.C2H4.2ClH.Hf/c2*1-2-5-10-8-11-6-3-4-7-12(11)9-10;1-2;;;/h2*3-4,6-9H,2,5H2,1H3;1-2H2;2*1H;/q;;;;;+2/p-2. The fourth-order valence-electron chi connectivity index (χ4n) is 6.03. The fourth-order valence-corrected chi connectivity index (χ4v) is 34.2. The Labute approximate surface area is 193 Å². The second kappa shape index (κ2) is 9.25. The maximum absolute atomic E-state index is 2.58. The van der Waals surface area contributed by atoms with E-state index < -0.39 is 20.0 Å². The summed E-state index contributed by atoms with van der Waals surface area (Å²) in [4.78, 5) is 0. The van der Waals surface area contributed by atoms with Crippen molar-refractivity contribution < 1.29 is 44.8 Å². The molecule has 1 fully saturated rings. The first-order valence-electron chi connectivity index (χ1n) is 10.9. The van der Waals surface area contributed by atoms with Gasteiger partial charge >= 0.3 is 169 Å². The molecule has 2 aliphatic carbocycles. The van der Waals surface area contributed by atoms with Crippen molar-refractivity contribution in [2.45, 2.75) is 55.2 Å². The van der Waals surface area contributed by atoms with Gasteiger partial charge in [-0.25, -0.2) is 0 Å². The molecule has 2 aromatic carbocycles. The Balaban J connectivity index is 0.00000120. The monoisotopic (exact) mass is 592 g/mol. The number of allylic oxidation sites excluding steroid dienone is 2. The van der Waals surface area contributed by atoms with Gasteiger partial charge in [-0.05, 0) is 0 Å². The minimum absolute atomic E-state index is 0. The van der Waals surface area contributed by atoms with E-state index in [1.807, 2.05) is 0 Å². The van der Waals surface area contributed by atoms with E-state index in [4.69, 9.17) is 0 Å². The first kappa shape index (κ1) is 23.0. The Morgan fingerprint density at radius 3 is 1.48 bits per heavy atom. The van der Waals surface area contributed by atoms with Gasteiger partial charge in [0.05, 0.1) is 0 Å². The number of rotatable bonds is 6. The van der Waals surface area contributed by atoms with Crippen LogP contribution in [-0.4, -0.2) is 0 Å². The minimum atomic E-state index is -2.53. The third kappa shape index (κ3) is 3.77. The summed E-state index contributed by atoms with van der Waals surface area (Å²) in [6, 6.07) is 18.7. The van der Waals surface area contributed by atoms with Crippen molar-refractivity contribution in [3.05, 3.63) is 81.9 Å². The Morgan fingerprint density at radius 2 is 1.10 bits per heavy atom. The fraction of sp³-hybridized carbons (Fsp3) is 0.385. The molecule has 5 rings (SSSR count). The third-order valence-electron chi connectivity index (χ3n) is 7.09. The molecule has 0 N–H and O–H groups in total. The SMILES string of the molecule is CCCC1=Cc2ccccc2[CH]1[Hf+2]1([CH]2C(CCC)=Cc3ccccc32)[CH2][CH2]1.[Cl-].[Cl-]. The molecule has 0 nitrogen and oxygen atoms in total. The minimum Gasteiger partial charge on any atom is -1.00 e. The zero-order chi connectivity index (χ0) is 18.4. The van der Waals surface area contributed by atoms with E-state index in [0.717, 1.165) is 7.35 Å². The quantitative estimate of drug-likeness (QED) is 0.451. The molecule has 152 valence electrons. The molecule has 0 aromatic heterocycles. The van der Waals surface area contributed by atoms with Crippen molar-refractivity contribution in [1.82, 2.24) is 0 Å². The smallest absolute Gasteiger partial charge is 1.00 e. The molecule has 1 heterocycles. The second-order valence-electron chi connectivity index (χ2n) is 8.80. The van der Waals surface area contributed by atoms with Crippen LogP contribution in [-0.2, 0) is 20.0 Å². The summed E-state index contributed by atoms with van der Waals surface area (Å²) in [6.07, 6.45) is 10.3. The van der Waals surface area contributed by atoms with Crippen LogP contribution >= 0.6 is 0 Å². The first-order chi connectivity index (χ1) is 13.3. The van der Waals surface area contributed by atoms with Crippen LogP contribution in [0.15, 0.2) is 59.7 Å². The van der Waals surface area contributed by atoms with E-state index in [0.29, 0.717) is 0 Å². The van der Waals surface area contributed by atoms with Gasteiger partial charge in [0.15, 0.2) is 0 Å². The van der Waals surface area contributed by atoms with Gasteiger partial charge in [0.1, 0.15) is 0 Å². The molecular formula is C26H30Cl2Hf. The number of hydrogen-bond acceptors (Lipinski definition) is 0. The Hall–Kier alpha value is -0.630. The van der Waals surface area contributed by atoms with Gasteiger partial charge in [-0.2, -0.15) is 0 Å². The van der Waals surface area contributed by atoms with Crippen molar-refractivity contribution in [2.24, 2.45) is 0 Å². The summed E-state index contributed by atoms with van der Waals surface area (Å²) < 4.78 is 4.86. The molecule has 2 aromatic rings. The molecule has 29 heavy (non-hydrogen) atoms. The molecule has 1 aliphatic heterocycles. The summed E-state index contributed by atoms with van der Waals surface area (Å²) in [5.41, 5.74) is 10.0. The Morgan fingerprint density at radius 1 is 0.690 bits per heavy atom. The molecule has 0 amide bonds. The van der Waals surface area contributed by atoms with Gasteiger partial charge in [-0.1, -0.05) is 0 Å². The molecule has 0 bridgehead atoms. The van der Waals surface area contributed by atoms with Gasteiger partial charge in [-0.15, -0.1) is 0 Å². The van der Waals surface area contributed by atoms with Crippen LogP contribution in [0.5, 0.6) is 0 Å². The molecular weight excluding hydrogens is 562 g/mol. The van der Waals surface area contributed by atoms with Crippen molar-refractivity contribution in [2.75, 3.05) is 0 Å². The third-order valence-corrected chi connectivity index (χ3v) is 26.2. The first-order valence-corrected chi connectivity index (χ1v) is 20.1. The van der Waals surface area contributed by atoms with E-state index in [1.165, 1.54) is 36.8 Å². The van der Waals surface area contributed by atoms with Crippen molar-refractivity contribution in [3.63, 3.8) is 0 Å². The maximum atomic E-state index is 2.58. The topological polar surface area (TPSA) is 0 Å².